The maximum Gasteiger partial charge on any atom is 0.323 e. The third-order valence-electron chi connectivity index (χ3n) is 3.73. The zero-order valence-corrected chi connectivity index (χ0v) is 14.5. The molecule has 0 spiro atoms. The lowest BCUT2D eigenvalue weighted by Gasteiger charge is -2.33. The van der Waals surface area contributed by atoms with E-state index in [2.05, 4.69) is 0 Å². The minimum atomic E-state index is -1.18. The standard InChI is InChI=1S/C18H24O6/c1-12(9-15-16(19)23-18(2,3)24-17(15)20)10-22-11-13-5-7-14(21-4)8-6-13/h5-8,12,15H,9-11H2,1-4H3/t12-/m1/s1. The summed E-state index contributed by atoms with van der Waals surface area (Å²) in [7, 11) is 1.62. The molecule has 0 saturated carbocycles. The molecule has 2 rings (SSSR count). The van der Waals surface area contributed by atoms with Gasteiger partial charge >= 0.3 is 11.9 Å². The molecule has 0 aromatic heterocycles. The third kappa shape index (κ3) is 4.96. The van der Waals surface area contributed by atoms with Gasteiger partial charge in [-0.15, -0.1) is 0 Å². The number of carbonyl (C=O) groups is 2. The van der Waals surface area contributed by atoms with Gasteiger partial charge in [0, 0.05) is 20.5 Å². The SMILES string of the molecule is COc1ccc(COC[C@H](C)CC2C(=O)OC(C)(C)OC2=O)cc1. The molecule has 24 heavy (non-hydrogen) atoms. The molecule has 1 atom stereocenters. The first-order valence-corrected chi connectivity index (χ1v) is 7.97. The van der Waals surface area contributed by atoms with Crippen LogP contribution in [0.1, 0.15) is 32.8 Å². The van der Waals surface area contributed by atoms with E-state index >= 15 is 0 Å². The monoisotopic (exact) mass is 336 g/mol. The van der Waals surface area contributed by atoms with Crippen molar-refractivity contribution in [3.63, 3.8) is 0 Å². The Labute approximate surface area is 142 Å². The van der Waals surface area contributed by atoms with Crippen molar-refractivity contribution in [3.05, 3.63) is 29.8 Å². The zero-order valence-electron chi connectivity index (χ0n) is 14.5. The summed E-state index contributed by atoms with van der Waals surface area (Å²) >= 11 is 0. The van der Waals surface area contributed by atoms with Gasteiger partial charge in [0.25, 0.3) is 5.79 Å². The van der Waals surface area contributed by atoms with Gasteiger partial charge in [0.1, 0.15) is 5.75 Å². The molecule has 0 amide bonds. The molecule has 1 aliphatic rings. The van der Waals surface area contributed by atoms with Crippen LogP contribution < -0.4 is 4.74 Å². The van der Waals surface area contributed by atoms with Crippen LogP contribution in [-0.2, 0) is 30.4 Å². The molecule has 0 bridgehead atoms. The first kappa shape index (κ1) is 18.3. The van der Waals surface area contributed by atoms with Gasteiger partial charge in [0.2, 0.25) is 0 Å². The molecule has 6 nitrogen and oxygen atoms in total. The van der Waals surface area contributed by atoms with Crippen LogP contribution >= 0.6 is 0 Å². The topological polar surface area (TPSA) is 71.1 Å². The maximum absolute atomic E-state index is 11.9. The number of benzene rings is 1. The van der Waals surface area contributed by atoms with E-state index < -0.39 is 23.6 Å². The predicted octanol–water partition coefficient (Wildman–Crippen LogP) is 2.69. The maximum atomic E-state index is 11.9. The van der Waals surface area contributed by atoms with Gasteiger partial charge in [-0.3, -0.25) is 9.59 Å². The molecular formula is C18H24O6. The Kier molecular flexibility index (Phi) is 5.83. The highest BCUT2D eigenvalue weighted by Crippen LogP contribution is 2.27. The molecule has 0 unspecified atom stereocenters. The summed E-state index contributed by atoms with van der Waals surface area (Å²) in [6.07, 6.45) is 0.344. The Morgan fingerprint density at radius 1 is 1.12 bits per heavy atom. The number of esters is 2. The van der Waals surface area contributed by atoms with Crippen molar-refractivity contribution >= 4 is 11.9 Å². The Morgan fingerprint density at radius 2 is 1.71 bits per heavy atom. The molecule has 1 saturated heterocycles. The highest BCUT2D eigenvalue weighted by atomic mass is 16.7. The second-order valence-electron chi connectivity index (χ2n) is 6.50. The van der Waals surface area contributed by atoms with Crippen LogP contribution in [0.25, 0.3) is 0 Å². The van der Waals surface area contributed by atoms with E-state index in [4.69, 9.17) is 18.9 Å². The van der Waals surface area contributed by atoms with E-state index in [0.29, 0.717) is 19.6 Å². The van der Waals surface area contributed by atoms with Crippen molar-refractivity contribution in [2.24, 2.45) is 11.8 Å². The molecule has 1 fully saturated rings. The summed E-state index contributed by atoms with van der Waals surface area (Å²) in [4.78, 5) is 23.9. The van der Waals surface area contributed by atoms with Crippen LogP contribution in [0.5, 0.6) is 5.75 Å². The molecule has 0 aliphatic carbocycles. The van der Waals surface area contributed by atoms with Gasteiger partial charge in [-0.25, -0.2) is 0 Å². The number of cyclic esters (lactones) is 2. The van der Waals surface area contributed by atoms with Crippen molar-refractivity contribution < 1.29 is 28.5 Å². The van der Waals surface area contributed by atoms with E-state index in [1.165, 1.54) is 0 Å². The van der Waals surface area contributed by atoms with E-state index in [1.807, 2.05) is 31.2 Å². The van der Waals surface area contributed by atoms with Crippen LogP contribution in [-0.4, -0.2) is 31.4 Å². The van der Waals surface area contributed by atoms with Crippen molar-refractivity contribution in [2.75, 3.05) is 13.7 Å². The summed E-state index contributed by atoms with van der Waals surface area (Å²) in [6.45, 7) is 5.91. The highest BCUT2D eigenvalue weighted by Gasteiger charge is 2.43. The molecule has 0 N–H and O–H groups in total. The molecule has 6 heteroatoms. The van der Waals surface area contributed by atoms with E-state index in [0.717, 1.165) is 11.3 Å². The van der Waals surface area contributed by atoms with Crippen LogP contribution in [0.3, 0.4) is 0 Å². The van der Waals surface area contributed by atoms with Gasteiger partial charge in [-0.05, 0) is 30.0 Å². The second kappa shape index (κ2) is 7.66. The molecule has 132 valence electrons. The largest absolute Gasteiger partial charge is 0.497 e. The summed E-state index contributed by atoms with van der Waals surface area (Å²) in [5.74, 6) is -2.30. The smallest absolute Gasteiger partial charge is 0.323 e. The van der Waals surface area contributed by atoms with Crippen LogP contribution in [0.4, 0.5) is 0 Å². The zero-order chi connectivity index (χ0) is 17.7. The second-order valence-corrected chi connectivity index (χ2v) is 6.50. The average molecular weight is 336 g/mol. The van der Waals surface area contributed by atoms with E-state index in [-0.39, 0.29) is 5.92 Å². The van der Waals surface area contributed by atoms with Crippen LogP contribution in [0, 0.1) is 11.8 Å². The lowest BCUT2D eigenvalue weighted by molar-refractivity contribution is -0.240. The number of ether oxygens (including phenoxy) is 4. The van der Waals surface area contributed by atoms with Crippen molar-refractivity contribution in [2.45, 2.75) is 39.6 Å². The summed E-state index contributed by atoms with van der Waals surface area (Å²) in [6, 6.07) is 7.61. The van der Waals surface area contributed by atoms with Crippen molar-refractivity contribution in [3.8, 4) is 5.75 Å². The quantitative estimate of drug-likeness (QED) is 0.563. The Balaban J connectivity index is 1.77. The Bertz CT molecular complexity index is 558. The van der Waals surface area contributed by atoms with Gasteiger partial charge in [0.15, 0.2) is 5.92 Å². The molecule has 0 radical (unpaired) electrons. The molecule has 1 aliphatic heterocycles. The number of rotatable bonds is 7. The Morgan fingerprint density at radius 3 is 2.25 bits per heavy atom. The number of methoxy groups -OCH3 is 1. The van der Waals surface area contributed by atoms with Crippen molar-refractivity contribution in [1.82, 2.24) is 0 Å². The molecule has 1 aromatic rings. The van der Waals surface area contributed by atoms with E-state index in [1.54, 1.807) is 21.0 Å². The van der Waals surface area contributed by atoms with Crippen molar-refractivity contribution in [1.29, 1.82) is 0 Å². The fraction of sp³-hybridized carbons (Fsp3) is 0.556. The van der Waals surface area contributed by atoms with Crippen LogP contribution in [0.15, 0.2) is 24.3 Å². The number of hydrogen-bond acceptors (Lipinski definition) is 6. The normalized spacial score (nSPS) is 18.7. The first-order chi connectivity index (χ1) is 11.3. The summed E-state index contributed by atoms with van der Waals surface area (Å²) < 4.78 is 21.0. The van der Waals surface area contributed by atoms with Gasteiger partial charge in [-0.2, -0.15) is 0 Å². The number of carbonyl (C=O) groups excluding carboxylic acids is 2. The predicted molar refractivity (Wildman–Crippen MR) is 86.2 cm³/mol. The van der Waals surface area contributed by atoms with Gasteiger partial charge < -0.3 is 18.9 Å². The fourth-order valence-electron chi connectivity index (χ4n) is 2.51. The first-order valence-electron chi connectivity index (χ1n) is 7.97. The minimum Gasteiger partial charge on any atom is -0.497 e. The molecule has 1 heterocycles. The molecule has 1 aromatic carbocycles. The Hall–Kier alpha value is -2.08. The average Bonchev–Trinajstić information content (AvgIpc) is 2.51. The van der Waals surface area contributed by atoms with Crippen LogP contribution in [0.2, 0.25) is 0 Å². The third-order valence-corrected chi connectivity index (χ3v) is 3.73. The summed E-state index contributed by atoms with van der Waals surface area (Å²) in [5.41, 5.74) is 1.03. The minimum absolute atomic E-state index is 0.0227. The van der Waals surface area contributed by atoms with E-state index in [9.17, 15) is 9.59 Å². The highest BCUT2D eigenvalue weighted by molar-refractivity contribution is 5.96. The molecular weight excluding hydrogens is 312 g/mol. The number of hydrogen-bond donors (Lipinski definition) is 0. The summed E-state index contributed by atoms with van der Waals surface area (Å²) in [5, 5.41) is 0. The lowest BCUT2D eigenvalue weighted by Crippen LogP contribution is -2.46. The fourth-order valence-corrected chi connectivity index (χ4v) is 2.51. The van der Waals surface area contributed by atoms with Gasteiger partial charge in [0.05, 0.1) is 13.7 Å². The lowest BCUT2D eigenvalue weighted by atomic mass is 9.95. The van der Waals surface area contributed by atoms with Gasteiger partial charge in [-0.1, -0.05) is 19.1 Å².